The number of rotatable bonds is 14. The molecule has 1 aliphatic heterocycles. The number of amides is 4. The van der Waals surface area contributed by atoms with Crippen molar-refractivity contribution >= 4 is 83.6 Å². The van der Waals surface area contributed by atoms with Gasteiger partial charge in [-0.15, -0.1) is 0 Å². The molecule has 70 heavy (non-hydrogen) atoms. The van der Waals surface area contributed by atoms with Crippen molar-refractivity contribution in [2.24, 2.45) is 4.99 Å². The van der Waals surface area contributed by atoms with Crippen LogP contribution in [0.25, 0.3) is 33.4 Å². The number of hydrogen-bond donors (Lipinski definition) is 5. The van der Waals surface area contributed by atoms with Crippen LogP contribution in [-0.4, -0.2) is 100 Å². The highest BCUT2D eigenvalue weighted by molar-refractivity contribution is 7.86. The van der Waals surface area contributed by atoms with Gasteiger partial charge >= 0.3 is 24.0 Å². The zero-order valence-corrected chi connectivity index (χ0v) is 41.9. The standard InChI is InChI=1S/C49H54N6O13S2/c1-11-66-41(56)24-55(25-42(57)67-12-2)49(59)53-47-29(6)20-27(4)45(31(47)8)51-36-23-38-35(22-40(36)70(63,64)65)43(34-15-13-14-16-39(34)69(60,61)62)33-18-17-32(21-37(33)68-38)50-44-26(3)19-28(5)46(30(44)7)52-48(58)54(9)10/h13-23,50H,11-12,24-25H2,1-10H3,(H,52,58)(H,53,59)(H,60,61,62)(H,63,64,65). The van der Waals surface area contributed by atoms with Crippen molar-refractivity contribution in [1.29, 1.82) is 0 Å². The Morgan fingerprint density at radius 1 is 0.657 bits per heavy atom. The van der Waals surface area contributed by atoms with Crippen molar-refractivity contribution in [1.82, 2.24) is 9.80 Å². The quantitative estimate of drug-likeness (QED) is 0.0389. The second-order valence-electron chi connectivity index (χ2n) is 16.7. The van der Waals surface area contributed by atoms with Gasteiger partial charge in [0, 0.05) is 59.7 Å². The fourth-order valence-corrected chi connectivity index (χ4v) is 9.50. The van der Waals surface area contributed by atoms with Gasteiger partial charge in [0.25, 0.3) is 20.2 Å². The maximum Gasteiger partial charge on any atom is 0.325 e. The number of aryl methyl sites for hydroxylation is 4. The molecular formula is C49H54N6O13S2. The molecule has 19 nitrogen and oxygen atoms in total. The number of esters is 2. The third kappa shape index (κ3) is 11.2. The first kappa shape index (κ1) is 52.0. The van der Waals surface area contributed by atoms with Crippen LogP contribution in [0.4, 0.5) is 38.0 Å². The van der Waals surface area contributed by atoms with Crippen LogP contribution in [0.15, 0.2) is 85.9 Å². The number of nitrogens with zero attached hydrogens (tertiary/aromatic N) is 3. The molecular weight excluding hydrogens is 945 g/mol. The van der Waals surface area contributed by atoms with E-state index in [9.17, 15) is 45.1 Å². The second kappa shape index (κ2) is 20.7. The van der Waals surface area contributed by atoms with Gasteiger partial charge in [-0.2, -0.15) is 16.8 Å². The first-order chi connectivity index (χ1) is 32.8. The minimum Gasteiger partial charge on any atom is -0.465 e. The van der Waals surface area contributed by atoms with Gasteiger partial charge in [-0.05, 0) is 113 Å². The molecule has 4 aromatic carbocycles. The zero-order chi connectivity index (χ0) is 51.6. The zero-order valence-electron chi connectivity index (χ0n) is 40.2. The van der Waals surface area contributed by atoms with Crippen LogP contribution in [0.3, 0.4) is 0 Å². The lowest BCUT2D eigenvalue weighted by molar-refractivity contribution is -0.146. The lowest BCUT2D eigenvalue weighted by atomic mass is 9.93. The maximum absolute atomic E-state index is 13.7. The van der Waals surface area contributed by atoms with E-state index < -0.39 is 61.1 Å². The topological polar surface area (TPSA) is 264 Å². The molecule has 0 fully saturated rings. The van der Waals surface area contributed by atoms with Crippen molar-refractivity contribution in [3.8, 4) is 22.5 Å². The van der Waals surface area contributed by atoms with Gasteiger partial charge in [0.2, 0.25) is 0 Å². The number of urea groups is 2. The number of carbonyl (C=O) groups is 4. The molecule has 4 amide bonds. The van der Waals surface area contributed by atoms with Crippen LogP contribution in [-0.2, 0) is 39.3 Å². The molecule has 21 heteroatoms. The van der Waals surface area contributed by atoms with Gasteiger partial charge in [-0.1, -0.05) is 30.3 Å². The number of benzene rings is 5. The highest BCUT2D eigenvalue weighted by atomic mass is 32.2. The number of anilines is 4. The molecule has 0 unspecified atom stereocenters. The molecule has 0 bridgehead atoms. The predicted molar refractivity (Wildman–Crippen MR) is 264 cm³/mol. The van der Waals surface area contributed by atoms with Crippen molar-refractivity contribution in [2.45, 2.75) is 65.2 Å². The maximum atomic E-state index is 13.7. The normalized spacial score (nSPS) is 11.9. The molecule has 5 N–H and O–H groups in total. The van der Waals surface area contributed by atoms with Crippen LogP contribution >= 0.6 is 0 Å². The summed E-state index contributed by atoms with van der Waals surface area (Å²) in [6.07, 6.45) is 0. The van der Waals surface area contributed by atoms with Crippen molar-refractivity contribution in [3.63, 3.8) is 0 Å². The Bertz CT molecular complexity index is 3350. The Morgan fingerprint density at radius 2 is 1.21 bits per heavy atom. The molecule has 2 aliphatic rings. The summed E-state index contributed by atoms with van der Waals surface area (Å²) in [5.41, 5.74) is 6.32. The van der Waals surface area contributed by atoms with Gasteiger partial charge in [0.05, 0.1) is 35.6 Å². The van der Waals surface area contributed by atoms with E-state index in [1.165, 1.54) is 35.2 Å². The molecule has 1 aliphatic carbocycles. The summed E-state index contributed by atoms with van der Waals surface area (Å²) in [6.45, 7) is 12.7. The summed E-state index contributed by atoms with van der Waals surface area (Å²) in [6, 6.07) is 15.3. The third-order valence-corrected chi connectivity index (χ3v) is 13.1. The fraction of sp³-hybridized carbons (Fsp3) is 0.286. The van der Waals surface area contributed by atoms with Crippen molar-refractivity contribution in [2.75, 3.05) is 56.3 Å². The van der Waals surface area contributed by atoms with E-state index in [4.69, 9.17) is 18.9 Å². The van der Waals surface area contributed by atoms with E-state index >= 15 is 0 Å². The summed E-state index contributed by atoms with van der Waals surface area (Å²) in [5.74, 6) is -1.55. The first-order valence-corrected chi connectivity index (χ1v) is 24.7. The molecule has 0 spiro atoms. The van der Waals surface area contributed by atoms with E-state index in [1.807, 2.05) is 26.8 Å². The van der Waals surface area contributed by atoms with Crippen molar-refractivity contribution in [3.05, 3.63) is 105 Å². The van der Waals surface area contributed by atoms with E-state index in [0.29, 0.717) is 39.1 Å². The van der Waals surface area contributed by atoms with Crippen LogP contribution in [0, 0.1) is 41.5 Å². The lowest BCUT2D eigenvalue weighted by Gasteiger charge is -2.23. The van der Waals surface area contributed by atoms with E-state index in [0.717, 1.165) is 27.7 Å². The highest BCUT2D eigenvalue weighted by Gasteiger charge is 2.28. The van der Waals surface area contributed by atoms with Gasteiger partial charge < -0.3 is 39.6 Å². The Morgan fingerprint density at radius 3 is 1.80 bits per heavy atom. The smallest absolute Gasteiger partial charge is 0.325 e. The molecule has 6 rings (SSSR count). The monoisotopic (exact) mass is 998 g/mol. The molecule has 0 aromatic heterocycles. The van der Waals surface area contributed by atoms with Gasteiger partial charge in [-0.3, -0.25) is 18.7 Å². The van der Waals surface area contributed by atoms with E-state index in [1.54, 1.807) is 73.0 Å². The summed E-state index contributed by atoms with van der Waals surface area (Å²) in [5, 5.41) is 9.09. The average molecular weight is 999 g/mol. The fourth-order valence-electron chi connectivity index (χ4n) is 8.17. The van der Waals surface area contributed by atoms with Crippen LogP contribution in [0.2, 0.25) is 0 Å². The molecule has 4 aromatic rings. The molecule has 370 valence electrons. The van der Waals surface area contributed by atoms with Crippen molar-refractivity contribution < 1.29 is 59.0 Å². The number of nitrogens with one attached hydrogen (secondary N) is 3. The summed E-state index contributed by atoms with van der Waals surface area (Å²) in [4.78, 5) is 57.3. The predicted octanol–water partition coefficient (Wildman–Crippen LogP) is 8.58. The molecule has 0 radical (unpaired) electrons. The second-order valence-corrected chi connectivity index (χ2v) is 19.4. The number of ether oxygens (including phenoxy) is 2. The SMILES string of the molecule is CCOC(=O)CN(CC(=O)OCC)C(=O)Nc1c(C)cc(C)c(N=c2cc3oc4cc(Nc5c(C)cc(C)c(NC(=O)N(C)C)c5C)ccc4c(-c4ccccc4S(=O)(=O)O)c-3cc2S(=O)(=O)O)c1C. The molecule has 1 heterocycles. The third-order valence-electron chi connectivity index (χ3n) is 11.3. The first-order valence-electron chi connectivity index (χ1n) is 21.8. The van der Waals surface area contributed by atoms with Gasteiger partial charge in [-0.25, -0.2) is 14.6 Å². The van der Waals surface area contributed by atoms with E-state index in [2.05, 4.69) is 16.0 Å². The number of hydrogen-bond acceptors (Lipinski definition) is 13. The number of carbonyl (C=O) groups excluding carboxylic acids is 4. The Labute approximate surface area is 405 Å². The van der Waals surface area contributed by atoms with Gasteiger partial charge in [0.15, 0.2) is 0 Å². The Kier molecular flexibility index (Phi) is 15.4. The lowest BCUT2D eigenvalue weighted by Crippen LogP contribution is -2.43. The number of fused-ring (bicyclic) bond motifs is 2. The summed E-state index contributed by atoms with van der Waals surface area (Å²) < 4.78 is 90.4. The largest absolute Gasteiger partial charge is 0.465 e. The molecule has 0 saturated heterocycles. The van der Waals surface area contributed by atoms with Crippen LogP contribution in [0.1, 0.15) is 47.2 Å². The van der Waals surface area contributed by atoms with Crippen LogP contribution in [0.5, 0.6) is 0 Å². The summed E-state index contributed by atoms with van der Waals surface area (Å²) in [7, 11) is -6.73. The minimum atomic E-state index is -5.12. The molecule has 0 atom stereocenters. The molecule has 0 saturated carbocycles. The van der Waals surface area contributed by atoms with Crippen LogP contribution < -0.4 is 21.3 Å². The Balaban J connectivity index is 1.59. The van der Waals surface area contributed by atoms with E-state index in [-0.39, 0.29) is 64.0 Å². The highest BCUT2D eigenvalue weighted by Crippen LogP contribution is 2.44. The Hall–Kier alpha value is -7.33. The van der Waals surface area contributed by atoms with Gasteiger partial charge in [0.1, 0.15) is 34.2 Å². The summed E-state index contributed by atoms with van der Waals surface area (Å²) >= 11 is 0. The minimum absolute atomic E-state index is 0.0143. The average Bonchev–Trinajstić information content (AvgIpc) is 3.27.